The number of ether oxygens (including phenoxy) is 3. The van der Waals surface area contributed by atoms with Gasteiger partial charge in [0, 0.05) is 43.6 Å². The van der Waals surface area contributed by atoms with E-state index >= 15 is 0 Å². The summed E-state index contributed by atoms with van der Waals surface area (Å²) >= 11 is 0. The first-order chi connectivity index (χ1) is 18.7. The molecule has 10 heteroatoms. The maximum Gasteiger partial charge on any atom is 0.325 e. The number of aryl methyl sites for hydroxylation is 2. The van der Waals surface area contributed by atoms with Gasteiger partial charge in [-0.05, 0) is 70.1 Å². The van der Waals surface area contributed by atoms with Gasteiger partial charge in [-0.3, -0.25) is 9.69 Å². The van der Waals surface area contributed by atoms with E-state index in [0.29, 0.717) is 26.1 Å². The third-order valence-electron chi connectivity index (χ3n) is 7.67. The number of benzene rings is 1. The standard InChI is InChI=1S/C29H37F2N3O5/c1-29(2,31)24-17-38-23-15-19(30)14-22(26(23)39-24)25(28(35)36)34-12-10-21(16-34)37-13-4-3-7-20-9-8-18-6-5-11-32-27(18)33-20/h8-9,14-15,21,24-25H,3-7,10-13,16-17H2,1-2H3,(H,32,33)(H,35,36)/t21-,24-,25+/m1/s1. The Morgan fingerprint density at radius 3 is 2.97 bits per heavy atom. The van der Waals surface area contributed by atoms with Gasteiger partial charge in [-0.2, -0.15) is 0 Å². The molecule has 39 heavy (non-hydrogen) atoms. The summed E-state index contributed by atoms with van der Waals surface area (Å²) in [4.78, 5) is 18.9. The molecule has 8 nitrogen and oxygen atoms in total. The predicted octanol–water partition coefficient (Wildman–Crippen LogP) is 4.71. The molecular formula is C29H37F2N3O5. The average molecular weight is 546 g/mol. The Balaban J connectivity index is 1.16. The normalized spacial score (nSPS) is 21.7. The highest BCUT2D eigenvalue weighted by Gasteiger charge is 2.41. The topological polar surface area (TPSA) is 93.2 Å². The molecule has 0 spiro atoms. The summed E-state index contributed by atoms with van der Waals surface area (Å²) in [5.74, 6) is -0.586. The number of aliphatic carboxylic acids is 1. The van der Waals surface area contributed by atoms with Crippen molar-refractivity contribution >= 4 is 11.8 Å². The maximum absolute atomic E-state index is 14.6. The van der Waals surface area contributed by atoms with Crippen molar-refractivity contribution in [3.05, 3.63) is 46.9 Å². The molecule has 0 radical (unpaired) electrons. The van der Waals surface area contributed by atoms with Crippen molar-refractivity contribution in [3.8, 4) is 11.5 Å². The summed E-state index contributed by atoms with van der Waals surface area (Å²) in [6.45, 7) is 5.04. The van der Waals surface area contributed by atoms with E-state index in [-0.39, 0.29) is 29.8 Å². The second-order valence-electron chi connectivity index (χ2n) is 11.1. The van der Waals surface area contributed by atoms with Gasteiger partial charge in [-0.25, -0.2) is 13.8 Å². The summed E-state index contributed by atoms with van der Waals surface area (Å²) < 4.78 is 46.6. The molecular weight excluding hydrogens is 508 g/mol. The number of carbonyl (C=O) groups is 1. The zero-order valence-corrected chi connectivity index (χ0v) is 22.6. The van der Waals surface area contributed by atoms with Crippen molar-refractivity contribution in [1.29, 1.82) is 0 Å². The first-order valence-electron chi connectivity index (χ1n) is 13.8. The van der Waals surface area contributed by atoms with Crippen LogP contribution in [-0.2, 0) is 22.4 Å². The Bertz CT molecular complexity index is 1190. The summed E-state index contributed by atoms with van der Waals surface area (Å²) in [6, 6.07) is 5.39. The molecule has 3 aliphatic heterocycles. The van der Waals surface area contributed by atoms with Crippen LogP contribution in [0.25, 0.3) is 0 Å². The Morgan fingerprint density at radius 2 is 2.18 bits per heavy atom. The smallest absolute Gasteiger partial charge is 0.325 e. The summed E-state index contributed by atoms with van der Waals surface area (Å²) in [7, 11) is 0. The number of hydrogen-bond acceptors (Lipinski definition) is 7. The van der Waals surface area contributed by atoms with Crippen LogP contribution in [-0.4, -0.2) is 71.7 Å². The number of unbranched alkanes of at least 4 members (excludes halogenated alkanes) is 1. The predicted molar refractivity (Wildman–Crippen MR) is 142 cm³/mol. The van der Waals surface area contributed by atoms with Crippen LogP contribution in [0.15, 0.2) is 24.3 Å². The molecule has 1 aromatic carbocycles. The molecule has 2 N–H and O–H groups in total. The molecule has 1 aromatic heterocycles. The minimum Gasteiger partial charge on any atom is -0.486 e. The largest absolute Gasteiger partial charge is 0.486 e. The monoisotopic (exact) mass is 545 g/mol. The number of nitrogens with one attached hydrogen (secondary N) is 1. The van der Waals surface area contributed by atoms with Gasteiger partial charge < -0.3 is 24.6 Å². The average Bonchev–Trinajstić information content (AvgIpc) is 3.35. The van der Waals surface area contributed by atoms with Crippen LogP contribution in [0.5, 0.6) is 11.5 Å². The second-order valence-corrected chi connectivity index (χ2v) is 11.1. The van der Waals surface area contributed by atoms with Crippen molar-refractivity contribution in [2.45, 2.75) is 76.3 Å². The number of likely N-dealkylation sites (tertiary alicyclic amines) is 1. The summed E-state index contributed by atoms with van der Waals surface area (Å²) in [6.07, 6.45) is 4.50. The Labute approximate surface area is 227 Å². The molecule has 212 valence electrons. The van der Waals surface area contributed by atoms with Crippen molar-refractivity contribution in [2.24, 2.45) is 0 Å². The highest BCUT2D eigenvalue weighted by molar-refractivity contribution is 5.77. The molecule has 5 rings (SSSR count). The lowest BCUT2D eigenvalue weighted by molar-refractivity contribution is -0.143. The third kappa shape index (κ3) is 6.44. The minimum absolute atomic E-state index is 0.0844. The van der Waals surface area contributed by atoms with Crippen molar-refractivity contribution in [3.63, 3.8) is 0 Å². The zero-order valence-electron chi connectivity index (χ0n) is 22.6. The number of carboxylic acids is 1. The SMILES string of the molecule is CC(C)(F)[C@H]1COc2cc(F)cc([C@@H](C(=O)O)N3CC[C@@H](OCCCCc4ccc5c(n4)NCCC5)C3)c2O1. The lowest BCUT2D eigenvalue weighted by atomic mass is 10.00. The van der Waals surface area contributed by atoms with Gasteiger partial charge in [0.2, 0.25) is 0 Å². The van der Waals surface area contributed by atoms with Crippen LogP contribution in [0.4, 0.5) is 14.6 Å². The second kappa shape index (κ2) is 11.6. The fourth-order valence-corrected chi connectivity index (χ4v) is 5.48. The molecule has 2 aromatic rings. The first-order valence-corrected chi connectivity index (χ1v) is 13.8. The number of anilines is 1. The number of nitrogens with zero attached hydrogens (tertiary/aromatic N) is 2. The van der Waals surface area contributed by atoms with E-state index in [1.165, 1.54) is 19.4 Å². The van der Waals surface area contributed by atoms with Crippen molar-refractivity contribution in [1.82, 2.24) is 9.88 Å². The van der Waals surface area contributed by atoms with E-state index in [4.69, 9.17) is 19.2 Å². The number of fused-ring (bicyclic) bond motifs is 2. The molecule has 0 bridgehead atoms. The molecule has 4 heterocycles. The lowest BCUT2D eigenvalue weighted by Gasteiger charge is -2.35. The maximum atomic E-state index is 14.6. The van der Waals surface area contributed by atoms with Crippen LogP contribution in [0.1, 0.15) is 62.4 Å². The van der Waals surface area contributed by atoms with E-state index in [1.807, 2.05) is 0 Å². The highest BCUT2D eigenvalue weighted by atomic mass is 19.1. The Morgan fingerprint density at radius 1 is 1.33 bits per heavy atom. The van der Waals surface area contributed by atoms with Crippen LogP contribution in [0.3, 0.4) is 0 Å². The van der Waals surface area contributed by atoms with Gasteiger partial charge in [-0.15, -0.1) is 0 Å². The van der Waals surface area contributed by atoms with E-state index in [9.17, 15) is 18.7 Å². The number of hydrogen-bond donors (Lipinski definition) is 2. The Kier molecular flexibility index (Phi) is 8.23. The van der Waals surface area contributed by atoms with Crippen LogP contribution < -0.4 is 14.8 Å². The van der Waals surface area contributed by atoms with E-state index in [0.717, 1.165) is 62.3 Å². The van der Waals surface area contributed by atoms with Gasteiger partial charge >= 0.3 is 5.97 Å². The minimum atomic E-state index is -1.72. The number of pyridine rings is 1. The molecule has 0 amide bonds. The van der Waals surface area contributed by atoms with Gasteiger partial charge in [0.15, 0.2) is 17.6 Å². The lowest BCUT2D eigenvalue weighted by Crippen LogP contribution is -2.44. The van der Waals surface area contributed by atoms with E-state index in [1.54, 1.807) is 4.90 Å². The number of aromatic nitrogens is 1. The van der Waals surface area contributed by atoms with Crippen LogP contribution >= 0.6 is 0 Å². The quantitative estimate of drug-likeness (QED) is 0.415. The van der Waals surface area contributed by atoms with Gasteiger partial charge in [0.05, 0.1) is 6.10 Å². The number of rotatable bonds is 10. The van der Waals surface area contributed by atoms with E-state index in [2.05, 4.69) is 17.4 Å². The van der Waals surface area contributed by atoms with Crippen molar-refractivity contribution in [2.75, 3.05) is 38.2 Å². The number of halogens is 2. The molecule has 3 atom stereocenters. The first kappa shape index (κ1) is 27.6. The molecule has 0 unspecified atom stereocenters. The molecule has 0 aliphatic carbocycles. The molecule has 1 saturated heterocycles. The van der Waals surface area contributed by atoms with E-state index < -0.39 is 29.6 Å². The van der Waals surface area contributed by atoms with Gasteiger partial charge in [-0.1, -0.05) is 6.07 Å². The fourth-order valence-electron chi connectivity index (χ4n) is 5.48. The highest BCUT2D eigenvalue weighted by Crippen LogP contribution is 2.43. The molecule has 0 saturated carbocycles. The number of carboxylic acid groups (broad SMARTS) is 1. The summed E-state index contributed by atoms with van der Waals surface area (Å²) in [5.41, 5.74) is 0.756. The molecule has 3 aliphatic rings. The van der Waals surface area contributed by atoms with Gasteiger partial charge in [0.1, 0.15) is 30.0 Å². The summed E-state index contributed by atoms with van der Waals surface area (Å²) in [5, 5.41) is 13.5. The molecule has 1 fully saturated rings. The van der Waals surface area contributed by atoms with Gasteiger partial charge in [0.25, 0.3) is 0 Å². The fraction of sp³-hybridized carbons (Fsp3) is 0.586. The number of alkyl halides is 1. The van der Waals surface area contributed by atoms with Crippen molar-refractivity contribution < 1.29 is 32.9 Å². The third-order valence-corrected chi connectivity index (χ3v) is 7.67. The van der Waals surface area contributed by atoms with Crippen LogP contribution in [0, 0.1) is 5.82 Å². The zero-order chi connectivity index (χ0) is 27.6. The van der Waals surface area contributed by atoms with Crippen LogP contribution in [0.2, 0.25) is 0 Å². The Hall–Kier alpha value is -2.98.